The van der Waals surface area contributed by atoms with Crippen molar-refractivity contribution in [3.8, 4) is 5.75 Å². The molecule has 9 heteroatoms. The van der Waals surface area contributed by atoms with Crippen LogP contribution in [0.1, 0.15) is 5.56 Å². The zero-order valence-corrected chi connectivity index (χ0v) is 16.5. The van der Waals surface area contributed by atoms with Crippen LogP contribution in [-0.2, 0) is 9.59 Å². The normalized spacial score (nSPS) is 24.4. The van der Waals surface area contributed by atoms with Crippen molar-refractivity contribution >= 4 is 58.0 Å². The van der Waals surface area contributed by atoms with E-state index in [-0.39, 0.29) is 24.4 Å². The van der Waals surface area contributed by atoms with E-state index in [1.165, 1.54) is 16.7 Å². The lowest BCUT2D eigenvalue weighted by atomic mass is 10.2. The second-order valence-corrected chi connectivity index (χ2v) is 8.57. The van der Waals surface area contributed by atoms with Crippen molar-refractivity contribution in [1.29, 1.82) is 0 Å². The maximum atomic E-state index is 12.6. The van der Waals surface area contributed by atoms with Crippen molar-refractivity contribution in [1.82, 2.24) is 10.2 Å². The van der Waals surface area contributed by atoms with Crippen LogP contribution < -0.4 is 10.1 Å². The number of hydrogen-bond donors (Lipinski definition) is 2. The quantitative estimate of drug-likeness (QED) is 0.562. The van der Waals surface area contributed by atoms with Crippen LogP contribution in [0.3, 0.4) is 0 Å². The Hall–Kier alpha value is -1.55. The van der Waals surface area contributed by atoms with Gasteiger partial charge in [0.1, 0.15) is 16.6 Å². The van der Waals surface area contributed by atoms with Gasteiger partial charge in [-0.05, 0) is 23.8 Å². The average molecular weight is 411 g/mol. The molecule has 3 rings (SSSR count). The Labute approximate surface area is 165 Å². The number of aliphatic hydroxyl groups is 1. The van der Waals surface area contributed by atoms with Gasteiger partial charge < -0.3 is 15.2 Å². The monoisotopic (exact) mass is 410 g/mol. The Morgan fingerprint density at radius 2 is 2.15 bits per heavy atom. The lowest BCUT2D eigenvalue weighted by molar-refractivity contribution is -0.129. The number of thiocarbonyl (C=S) groups is 1. The number of nitrogens with one attached hydrogen (secondary N) is 1. The summed E-state index contributed by atoms with van der Waals surface area (Å²) in [5, 5.41) is 12.6. The van der Waals surface area contributed by atoms with Gasteiger partial charge in [-0.3, -0.25) is 14.5 Å². The molecule has 0 aromatic heterocycles. The molecule has 138 valence electrons. The molecule has 0 bridgehead atoms. The highest BCUT2D eigenvalue weighted by molar-refractivity contribution is 8.26. The molecule has 2 fully saturated rings. The summed E-state index contributed by atoms with van der Waals surface area (Å²) in [5.41, 5.74) is 0.849. The first kappa shape index (κ1) is 19.2. The summed E-state index contributed by atoms with van der Waals surface area (Å²) in [6.45, 7) is -0.140. The molecule has 2 aliphatic heterocycles. The molecular weight excluding hydrogens is 392 g/mol. The molecular formula is C17H18N2O4S3. The fourth-order valence-electron chi connectivity index (χ4n) is 2.56. The van der Waals surface area contributed by atoms with E-state index in [0.717, 1.165) is 11.3 Å². The largest absolute Gasteiger partial charge is 0.497 e. The second kappa shape index (κ2) is 8.43. The molecule has 2 aliphatic rings. The Morgan fingerprint density at radius 1 is 1.42 bits per heavy atom. The molecule has 0 aliphatic carbocycles. The number of rotatable bonds is 5. The van der Waals surface area contributed by atoms with Crippen LogP contribution in [0.25, 0.3) is 6.08 Å². The lowest BCUT2D eigenvalue weighted by Crippen LogP contribution is -2.47. The van der Waals surface area contributed by atoms with E-state index in [1.807, 2.05) is 24.3 Å². The van der Waals surface area contributed by atoms with Crippen molar-refractivity contribution in [3.63, 3.8) is 0 Å². The molecule has 0 saturated carbocycles. The van der Waals surface area contributed by atoms with E-state index in [2.05, 4.69) is 5.32 Å². The van der Waals surface area contributed by atoms with E-state index in [1.54, 1.807) is 24.9 Å². The Balaban J connectivity index is 1.64. The number of hydrogen-bond acceptors (Lipinski definition) is 7. The Morgan fingerprint density at radius 3 is 2.77 bits per heavy atom. The predicted octanol–water partition coefficient (Wildman–Crippen LogP) is 1.49. The van der Waals surface area contributed by atoms with Crippen LogP contribution in [0.15, 0.2) is 29.2 Å². The molecule has 0 spiro atoms. The third-order valence-electron chi connectivity index (χ3n) is 3.99. The number of carbonyl (C=O) groups excluding carboxylic acids is 2. The number of ether oxygens (including phenoxy) is 1. The molecule has 1 aromatic carbocycles. The van der Waals surface area contributed by atoms with Gasteiger partial charge in [-0.2, -0.15) is 11.8 Å². The molecule has 6 nitrogen and oxygen atoms in total. The highest BCUT2D eigenvalue weighted by Crippen LogP contribution is 2.32. The van der Waals surface area contributed by atoms with Gasteiger partial charge in [0.05, 0.1) is 24.2 Å². The fraction of sp³-hybridized carbons (Fsp3) is 0.353. The number of aliphatic hydroxyl groups excluding tert-OH is 1. The van der Waals surface area contributed by atoms with Crippen molar-refractivity contribution in [2.75, 3.05) is 25.2 Å². The van der Waals surface area contributed by atoms with Gasteiger partial charge in [-0.1, -0.05) is 36.1 Å². The van der Waals surface area contributed by atoms with Crippen molar-refractivity contribution in [2.45, 2.75) is 12.1 Å². The summed E-state index contributed by atoms with van der Waals surface area (Å²) in [6.07, 6.45) is 1.19. The zero-order valence-electron chi connectivity index (χ0n) is 14.0. The lowest BCUT2D eigenvalue weighted by Gasteiger charge is -2.18. The van der Waals surface area contributed by atoms with Gasteiger partial charge in [0.2, 0.25) is 5.91 Å². The standard InChI is InChI=1S/C17H18N2O4S3/c1-23-11-4-2-10(3-5-11)6-14-16(22)19(17(24)26-14)7-15(21)18-12-8-25-9-13(12)20/h2-6,12-13,20H,7-9H2,1H3,(H,18,21)/b14-6-/t12-,13-/m0/s1. The van der Waals surface area contributed by atoms with Crippen LogP contribution in [-0.4, -0.2) is 63.4 Å². The van der Waals surface area contributed by atoms with E-state index in [0.29, 0.717) is 20.7 Å². The van der Waals surface area contributed by atoms with E-state index >= 15 is 0 Å². The maximum Gasteiger partial charge on any atom is 0.266 e. The first-order valence-electron chi connectivity index (χ1n) is 7.92. The number of nitrogens with zero attached hydrogens (tertiary/aromatic N) is 1. The van der Waals surface area contributed by atoms with Crippen LogP contribution in [0.5, 0.6) is 5.75 Å². The molecule has 26 heavy (non-hydrogen) atoms. The topological polar surface area (TPSA) is 78.9 Å². The summed E-state index contributed by atoms with van der Waals surface area (Å²) in [4.78, 5) is 26.5. The second-order valence-electron chi connectivity index (χ2n) is 5.82. The smallest absolute Gasteiger partial charge is 0.266 e. The predicted molar refractivity (Wildman–Crippen MR) is 108 cm³/mol. The third kappa shape index (κ3) is 4.40. The molecule has 0 unspecified atom stereocenters. The zero-order chi connectivity index (χ0) is 18.7. The van der Waals surface area contributed by atoms with Crippen molar-refractivity contribution < 1.29 is 19.4 Å². The van der Waals surface area contributed by atoms with Gasteiger partial charge in [0.25, 0.3) is 5.91 Å². The summed E-state index contributed by atoms with van der Waals surface area (Å²) in [6, 6.07) is 7.03. The van der Waals surface area contributed by atoms with Gasteiger partial charge in [0, 0.05) is 11.5 Å². The van der Waals surface area contributed by atoms with Gasteiger partial charge in [-0.25, -0.2) is 0 Å². The van der Waals surface area contributed by atoms with Crippen molar-refractivity contribution in [3.05, 3.63) is 34.7 Å². The minimum Gasteiger partial charge on any atom is -0.497 e. The van der Waals surface area contributed by atoms with E-state index in [4.69, 9.17) is 17.0 Å². The van der Waals surface area contributed by atoms with Gasteiger partial charge >= 0.3 is 0 Å². The number of thioether (sulfide) groups is 2. The average Bonchev–Trinajstić information content (AvgIpc) is 3.14. The Bertz CT molecular complexity index is 751. The SMILES string of the molecule is COc1ccc(/C=C2\SC(=S)N(CC(=O)N[C@H]3CSC[C@@H]3O)C2=O)cc1. The number of carbonyl (C=O) groups is 2. The Kier molecular flexibility index (Phi) is 6.23. The summed E-state index contributed by atoms with van der Waals surface area (Å²) in [5.74, 6) is 1.41. The summed E-state index contributed by atoms with van der Waals surface area (Å²) >= 11 is 8.01. The summed E-state index contributed by atoms with van der Waals surface area (Å²) < 4.78 is 5.47. The fourth-order valence-corrected chi connectivity index (χ4v) is 4.99. The highest BCUT2D eigenvalue weighted by atomic mass is 32.2. The third-order valence-corrected chi connectivity index (χ3v) is 6.54. The number of benzene rings is 1. The molecule has 2 heterocycles. The van der Waals surface area contributed by atoms with Crippen molar-refractivity contribution in [2.24, 2.45) is 0 Å². The van der Waals surface area contributed by atoms with Gasteiger partial charge in [-0.15, -0.1) is 0 Å². The molecule has 2 N–H and O–H groups in total. The first-order chi connectivity index (χ1) is 12.5. The molecule has 2 amide bonds. The van der Waals surface area contributed by atoms with Crippen LogP contribution >= 0.6 is 35.7 Å². The van der Waals surface area contributed by atoms with E-state index < -0.39 is 6.10 Å². The summed E-state index contributed by atoms with van der Waals surface area (Å²) in [7, 11) is 1.59. The number of amides is 2. The van der Waals surface area contributed by atoms with Crippen LogP contribution in [0.4, 0.5) is 0 Å². The first-order valence-corrected chi connectivity index (χ1v) is 10.3. The molecule has 0 radical (unpaired) electrons. The van der Waals surface area contributed by atoms with Gasteiger partial charge in [0.15, 0.2) is 0 Å². The molecule has 2 saturated heterocycles. The van der Waals surface area contributed by atoms with E-state index in [9.17, 15) is 14.7 Å². The highest BCUT2D eigenvalue weighted by Gasteiger charge is 2.34. The minimum absolute atomic E-state index is 0.140. The number of methoxy groups -OCH3 is 1. The molecule has 1 aromatic rings. The maximum absolute atomic E-state index is 12.6. The molecule has 2 atom stereocenters. The van der Waals surface area contributed by atoms with Crippen LogP contribution in [0, 0.1) is 0 Å². The minimum atomic E-state index is -0.551. The van der Waals surface area contributed by atoms with Crippen LogP contribution in [0.2, 0.25) is 0 Å².